The number of rotatable bonds is 5. The molecule has 0 aromatic carbocycles. The largest absolute Gasteiger partial charge is 0.462 e. The Kier molecular flexibility index (Phi) is 5.35. The summed E-state index contributed by atoms with van der Waals surface area (Å²) in [5, 5.41) is 9.82. The number of thiophene rings is 1. The molecule has 2 aromatic rings. The van der Waals surface area contributed by atoms with Crippen molar-refractivity contribution in [3.63, 3.8) is 0 Å². The van der Waals surface area contributed by atoms with E-state index in [4.69, 9.17) is 9.47 Å². The maximum Gasteiger partial charge on any atom is 0.348 e. The molecule has 0 radical (unpaired) electrons. The van der Waals surface area contributed by atoms with Gasteiger partial charge in [-0.2, -0.15) is 0 Å². The third kappa shape index (κ3) is 3.81. The molecule has 0 aliphatic heterocycles. The molecule has 0 unspecified atom stereocenters. The summed E-state index contributed by atoms with van der Waals surface area (Å²) < 4.78 is 10.6. The van der Waals surface area contributed by atoms with E-state index in [0.717, 1.165) is 15.9 Å². The van der Waals surface area contributed by atoms with Crippen molar-refractivity contribution in [1.29, 1.82) is 0 Å². The number of hydrogen-bond donors (Lipinski definition) is 2. The first-order chi connectivity index (χ1) is 12.3. The van der Waals surface area contributed by atoms with Gasteiger partial charge in [0.15, 0.2) is 0 Å². The van der Waals surface area contributed by atoms with Crippen LogP contribution >= 0.6 is 11.3 Å². The zero-order valence-corrected chi connectivity index (χ0v) is 16.8. The highest BCUT2D eigenvalue weighted by Crippen LogP contribution is 2.28. The number of aliphatic hydroxyl groups is 1. The highest BCUT2D eigenvalue weighted by Gasteiger charge is 2.38. The van der Waals surface area contributed by atoms with Gasteiger partial charge in [0, 0.05) is 13.8 Å². The summed E-state index contributed by atoms with van der Waals surface area (Å²) in [6.45, 7) is 8.57. The monoisotopic (exact) mass is 398 g/mol. The molecule has 0 bridgehead atoms. The van der Waals surface area contributed by atoms with Crippen LogP contribution in [-0.4, -0.2) is 39.0 Å². The number of nitrogens with one attached hydrogen (secondary N) is 1. The van der Waals surface area contributed by atoms with Gasteiger partial charge in [0.2, 0.25) is 5.79 Å². The van der Waals surface area contributed by atoms with Crippen LogP contribution in [0.15, 0.2) is 9.59 Å². The fourth-order valence-electron chi connectivity index (χ4n) is 2.56. The lowest BCUT2D eigenvalue weighted by molar-refractivity contribution is -0.203. The molecule has 0 atom stereocenters. The van der Waals surface area contributed by atoms with Crippen LogP contribution in [0.3, 0.4) is 0 Å². The molecular weight excluding hydrogens is 376 g/mol. The van der Waals surface area contributed by atoms with E-state index in [2.05, 4.69) is 4.98 Å². The lowest BCUT2D eigenvalue weighted by Crippen LogP contribution is -2.52. The van der Waals surface area contributed by atoms with E-state index in [1.807, 2.05) is 0 Å². The molecule has 0 aliphatic carbocycles. The van der Waals surface area contributed by atoms with Crippen LogP contribution in [0.1, 0.15) is 49.9 Å². The number of nitrogens with zero attached hydrogens (tertiary/aromatic N) is 1. The van der Waals surface area contributed by atoms with Crippen LogP contribution < -0.4 is 11.2 Å². The molecule has 0 saturated heterocycles. The maximum absolute atomic E-state index is 13.0. The predicted octanol–water partition coefficient (Wildman–Crippen LogP) is 1.24. The molecule has 2 aromatic heterocycles. The van der Waals surface area contributed by atoms with Gasteiger partial charge in [-0.05, 0) is 33.3 Å². The van der Waals surface area contributed by atoms with E-state index >= 15 is 0 Å². The number of aromatic nitrogens is 2. The van der Waals surface area contributed by atoms with E-state index in [0.29, 0.717) is 5.56 Å². The fraction of sp³-hybridized carbons (Fsp3) is 0.529. The first-order valence-corrected chi connectivity index (χ1v) is 9.04. The molecule has 0 fully saturated rings. The zero-order chi connectivity index (χ0) is 20.7. The van der Waals surface area contributed by atoms with E-state index in [-0.39, 0.29) is 21.7 Å². The predicted molar refractivity (Wildman–Crippen MR) is 99.1 cm³/mol. The normalized spacial score (nSPS) is 12.3. The summed E-state index contributed by atoms with van der Waals surface area (Å²) in [7, 11) is 0. The topological polar surface area (TPSA) is 128 Å². The van der Waals surface area contributed by atoms with Gasteiger partial charge >= 0.3 is 17.6 Å². The van der Waals surface area contributed by atoms with Crippen LogP contribution in [-0.2, 0) is 19.8 Å². The van der Waals surface area contributed by atoms with Gasteiger partial charge in [0.25, 0.3) is 5.56 Å². The number of carbonyl (C=O) groups excluding carboxylic acids is 2. The molecule has 2 heterocycles. The van der Waals surface area contributed by atoms with Gasteiger partial charge in [-0.1, -0.05) is 0 Å². The first kappa shape index (κ1) is 20.8. The number of aryl methyl sites for hydroxylation is 1. The third-order valence-electron chi connectivity index (χ3n) is 3.85. The van der Waals surface area contributed by atoms with Crippen molar-refractivity contribution < 1.29 is 24.2 Å². The van der Waals surface area contributed by atoms with Crippen molar-refractivity contribution in [2.24, 2.45) is 0 Å². The van der Waals surface area contributed by atoms with Crippen molar-refractivity contribution in [3.05, 3.63) is 31.3 Å². The molecule has 2 N–H and O–H groups in total. The number of fused-ring (bicyclic) bond motifs is 1. The second-order valence-corrected chi connectivity index (χ2v) is 7.97. The first-order valence-electron chi connectivity index (χ1n) is 8.23. The highest BCUT2D eigenvalue weighted by molar-refractivity contribution is 7.20. The van der Waals surface area contributed by atoms with E-state index in [9.17, 15) is 24.3 Å². The minimum absolute atomic E-state index is 0.117. The van der Waals surface area contributed by atoms with Crippen LogP contribution in [0.2, 0.25) is 0 Å². The summed E-state index contributed by atoms with van der Waals surface area (Å²) in [6.07, 6.45) is 0. The maximum atomic E-state index is 13.0. The summed E-state index contributed by atoms with van der Waals surface area (Å²) in [5.41, 5.74) is -2.91. The number of hydrogen-bond acceptors (Lipinski definition) is 8. The Balaban J connectivity index is 2.71. The van der Waals surface area contributed by atoms with E-state index in [1.165, 1.54) is 27.7 Å². The average Bonchev–Trinajstić information content (AvgIpc) is 2.82. The number of aromatic amines is 1. The smallest absolute Gasteiger partial charge is 0.348 e. The molecule has 148 valence electrons. The number of H-pyrrole nitrogens is 1. The zero-order valence-electron chi connectivity index (χ0n) is 16.0. The van der Waals surface area contributed by atoms with Crippen LogP contribution in [0, 0.1) is 6.92 Å². The summed E-state index contributed by atoms with van der Waals surface area (Å²) in [5.74, 6) is -3.33. The fourth-order valence-corrected chi connectivity index (χ4v) is 3.64. The van der Waals surface area contributed by atoms with Crippen molar-refractivity contribution in [1.82, 2.24) is 9.55 Å². The quantitative estimate of drug-likeness (QED) is 0.573. The second kappa shape index (κ2) is 6.93. The van der Waals surface area contributed by atoms with E-state index < -0.39 is 34.5 Å². The van der Waals surface area contributed by atoms with Gasteiger partial charge in [0.1, 0.15) is 15.2 Å². The van der Waals surface area contributed by atoms with Gasteiger partial charge in [-0.3, -0.25) is 9.78 Å². The standard InChI is InChI=1S/C17H22N2O7S/c1-7-25-13(21)10-8(2)9-11(27-10)18-15(23)19(12(9)20)16(3,4)14(22)26-17(5,6)24/h24H,7H2,1-6H3,(H,18,23). The van der Waals surface area contributed by atoms with Gasteiger partial charge < -0.3 is 14.6 Å². The Morgan fingerprint density at radius 1 is 1.22 bits per heavy atom. The molecule has 10 heteroatoms. The average molecular weight is 398 g/mol. The molecule has 0 saturated carbocycles. The van der Waals surface area contributed by atoms with Gasteiger partial charge in [-0.15, -0.1) is 11.3 Å². The minimum atomic E-state index is -1.77. The summed E-state index contributed by atoms with van der Waals surface area (Å²) >= 11 is 0.938. The molecular formula is C17H22N2O7S. The van der Waals surface area contributed by atoms with E-state index in [1.54, 1.807) is 13.8 Å². The van der Waals surface area contributed by atoms with Crippen molar-refractivity contribution in [3.8, 4) is 0 Å². The Labute approximate surface area is 158 Å². The third-order valence-corrected chi connectivity index (χ3v) is 5.04. The highest BCUT2D eigenvalue weighted by atomic mass is 32.1. The molecule has 27 heavy (non-hydrogen) atoms. The van der Waals surface area contributed by atoms with Crippen LogP contribution in [0.5, 0.6) is 0 Å². The lowest BCUT2D eigenvalue weighted by Gasteiger charge is -2.28. The molecule has 0 aliphatic rings. The van der Waals surface area contributed by atoms with Crippen molar-refractivity contribution in [2.75, 3.05) is 6.61 Å². The Hall–Kier alpha value is -2.46. The summed E-state index contributed by atoms with van der Waals surface area (Å²) in [4.78, 5) is 53.0. The lowest BCUT2D eigenvalue weighted by atomic mass is 10.1. The molecule has 9 nitrogen and oxygen atoms in total. The molecule has 0 spiro atoms. The number of carbonyl (C=O) groups is 2. The van der Waals surface area contributed by atoms with Crippen molar-refractivity contribution >= 4 is 33.5 Å². The Morgan fingerprint density at radius 2 is 1.81 bits per heavy atom. The Bertz CT molecular complexity index is 1020. The van der Waals surface area contributed by atoms with Gasteiger partial charge in [0.05, 0.1) is 12.0 Å². The second-order valence-electron chi connectivity index (χ2n) is 6.95. The van der Waals surface area contributed by atoms with Crippen molar-refractivity contribution in [2.45, 2.75) is 52.9 Å². The minimum Gasteiger partial charge on any atom is -0.462 e. The summed E-state index contributed by atoms with van der Waals surface area (Å²) in [6, 6.07) is 0. The van der Waals surface area contributed by atoms with Crippen LogP contribution in [0.25, 0.3) is 10.2 Å². The van der Waals surface area contributed by atoms with Crippen LogP contribution in [0.4, 0.5) is 0 Å². The number of esters is 2. The molecule has 2 rings (SSSR count). The number of ether oxygens (including phenoxy) is 2. The molecule has 0 amide bonds. The SMILES string of the molecule is CCOC(=O)c1sc2[nH]c(=O)n(C(C)(C)C(=O)OC(C)(C)O)c(=O)c2c1C. The Morgan fingerprint density at radius 3 is 2.33 bits per heavy atom. The van der Waals surface area contributed by atoms with Gasteiger partial charge in [-0.25, -0.2) is 19.0 Å².